The molecule has 1 aromatic carbocycles. The summed E-state index contributed by atoms with van der Waals surface area (Å²) in [6.45, 7) is 0.574. The molecule has 1 saturated carbocycles. The number of rotatable bonds is 5. The van der Waals surface area contributed by atoms with E-state index in [1.807, 2.05) is 41.9 Å². The smallest absolute Gasteiger partial charge is 0.168 e. The molecule has 4 heteroatoms. The first-order valence-corrected chi connectivity index (χ1v) is 6.40. The molecule has 0 bridgehead atoms. The van der Waals surface area contributed by atoms with Crippen LogP contribution in [-0.4, -0.2) is 15.8 Å². The van der Waals surface area contributed by atoms with Crippen LogP contribution in [0.3, 0.4) is 0 Å². The number of benzene rings is 1. The van der Waals surface area contributed by atoms with Gasteiger partial charge in [0.25, 0.3) is 0 Å². The van der Waals surface area contributed by atoms with Gasteiger partial charge in [-0.25, -0.2) is 4.98 Å². The standard InChI is InChI=1S/C15H16N2O2/c1-17-13(10-18)9-16-14(17)15(7-8-15)19-11-12-5-3-2-4-6-12/h2-6,9-10H,7-8,11H2,1H3. The van der Waals surface area contributed by atoms with Gasteiger partial charge in [0.1, 0.15) is 17.1 Å². The highest BCUT2D eigenvalue weighted by molar-refractivity contribution is 5.71. The minimum atomic E-state index is -0.300. The minimum Gasteiger partial charge on any atom is -0.362 e. The van der Waals surface area contributed by atoms with E-state index in [1.165, 1.54) is 0 Å². The van der Waals surface area contributed by atoms with Crippen LogP contribution in [0, 0.1) is 0 Å². The van der Waals surface area contributed by atoms with E-state index in [-0.39, 0.29) is 5.60 Å². The Hall–Kier alpha value is -1.94. The van der Waals surface area contributed by atoms with Crippen LogP contribution < -0.4 is 0 Å². The van der Waals surface area contributed by atoms with Crippen LogP contribution in [-0.2, 0) is 24.0 Å². The molecule has 0 aliphatic heterocycles. The van der Waals surface area contributed by atoms with Gasteiger partial charge in [-0.3, -0.25) is 4.79 Å². The molecular formula is C15H16N2O2. The third-order valence-corrected chi connectivity index (χ3v) is 3.61. The maximum absolute atomic E-state index is 10.9. The first-order chi connectivity index (χ1) is 9.25. The highest BCUT2D eigenvalue weighted by Gasteiger charge is 2.49. The van der Waals surface area contributed by atoms with E-state index in [0.29, 0.717) is 12.3 Å². The van der Waals surface area contributed by atoms with Crippen molar-refractivity contribution in [3.63, 3.8) is 0 Å². The van der Waals surface area contributed by atoms with E-state index in [9.17, 15) is 4.79 Å². The lowest BCUT2D eigenvalue weighted by molar-refractivity contribution is 0.00921. The summed E-state index contributed by atoms with van der Waals surface area (Å²) in [5.74, 6) is 0.852. The monoisotopic (exact) mass is 256 g/mol. The van der Waals surface area contributed by atoms with Gasteiger partial charge in [0.05, 0.1) is 12.8 Å². The average Bonchev–Trinajstić information content (AvgIpc) is 3.14. The van der Waals surface area contributed by atoms with Crippen LogP contribution in [0.1, 0.15) is 34.7 Å². The fourth-order valence-corrected chi connectivity index (χ4v) is 2.30. The molecule has 1 fully saturated rings. The zero-order chi connectivity index (χ0) is 13.3. The van der Waals surface area contributed by atoms with Crippen LogP contribution in [0.25, 0.3) is 0 Å². The lowest BCUT2D eigenvalue weighted by Gasteiger charge is -2.16. The Kier molecular flexibility index (Phi) is 2.95. The van der Waals surface area contributed by atoms with Crippen molar-refractivity contribution in [2.24, 2.45) is 7.05 Å². The van der Waals surface area contributed by atoms with E-state index >= 15 is 0 Å². The summed E-state index contributed by atoms with van der Waals surface area (Å²) in [7, 11) is 1.86. The Balaban J connectivity index is 1.76. The van der Waals surface area contributed by atoms with Gasteiger partial charge in [0.15, 0.2) is 6.29 Å². The fourth-order valence-electron chi connectivity index (χ4n) is 2.30. The Morgan fingerprint density at radius 3 is 2.68 bits per heavy atom. The number of hydrogen-bond donors (Lipinski definition) is 0. The number of ether oxygens (including phenoxy) is 1. The van der Waals surface area contributed by atoms with Crippen molar-refractivity contribution in [2.75, 3.05) is 0 Å². The summed E-state index contributed by atoms with van der Waals surface area (Å²) in [5, 5.41) is 0. The molecule has 0 atom stereocenters. The molecular weight excluding hydrogens is 240 g/mol. The second-order valence-corrected chi connectivity index (χ2v) is 4.95. The molecule has 0 unspecified atom stereocenters. The first-order valence-electron chi connectivity index (χ1n) is 6.40. The number of aromatic nitrogens is 2. The van der Waals surface area contributed by atoms with Gasteiger partial charge < -0.3 is 9.30 Å². The van der Waals surface area contributed by atoms with E-state index < -0.39 is 0 Å². The van der Waals surface area contributed by atoms with Crippen LogP contribution in [0.15, 0.2) is 36.5 Å². The number of nitrogens with zero attached hydrogens (tertiary/aromatic N) is 2. The van der Waals surface area contributed by atoms with Crippen LogP contribution >= 0.6 is 0 Å². The molecule has 19 heavy (non-hydrogen) atoms. The minimum absolute atomic E-state index is 0.300. The Morgan fingerprint density at radius 1 is 1.37 bits per heavy atom. The Bertz CT molecular complexity index is 585. The predicted molar refractivity (Wildman–Crippen MR) is 70.7 cm³/mol. The first kappa shape index (κ1) is 12.1. The molecule has 1 aliphatic carbocycles. The molecule has 98 valence electrons. The van der Waals surface area contributed by atoms with Crippen LogP contribution in [0.2, 0.25) is 0 Å². The summed E-state index contributed by atoms with van der Waals surface area (Å²) in [4.78, 5) is 15.2. The predicted octanol–water partition coefficient (Wildman–Crippen LogP) is 2.44. The quantitative estimate of drug-likeness (QED) is 0.772. The van der Waals surface area contributed by atoms with Crippen molar-refractivity contribution >= 4 is 6.29 Å². The lowest BCUT2D eigenvalue weighted by Crippen LogP contribution is -2.18. The van der Waals surface area contributed by atoms with Gasteiger partial charge in [-0.2, -0.15) is 0 Å². The van der Waals surface area contributed by atoms with Gasteiger partial charge >= 0.3 is 0 Å². The molecule has 0 amide bonds. The normalized spacial score (nSPS) is 16.3. The largest absolute Gasteiger partial charge is 0.362 e. The molecule has 1 aliphatic rings. The summed E-state index contributed by atoms with van der Waals surface area (Å²) >= 11 is 0. The third-order valence-electron chi connectivity index (χ3n) is 3.61. The van der Waals surface area contributed by atoms with Gasteiger partial charge in [-0.05, 0) is 18.4 Å². The molecule has 0 saturated heterocycles. The van der Waals surface area contributed by atoms with Crippen molar-refractivity contribution in [2.45, 2.75) is 25.0 Å². The number of carbonyl (C=O) groups is 1. The molecule has 0 spiro atoms. The highest BCUT2D eigenvalue weighted by Crippen LogP contribution is 2.49. The fraction of sp³-hybridized carbons (Fsp3) is 0.333. The summed E-state index contributed by atoms with van der Waals surface area (Å²) in [6, 6.07) is 10.1. The average molecular weight is 256 g/mol. The van der Waals surface area contributed by atoms with Crippen molar-refractivity contribution in [3.8, 4) is 0 Å². The highest BCUT2D eigenvalue weighted by atomic mass is 16.5. The zero-order valence-corrected chi connectivity index (χ0v) is 10.9. The van der Waals surface area contributed by atoms with Gasteiger partial charge in [-0.15, -0.1) is 0 Å². The van der Waals surface area contributed by atoms with Crippen LogP contribution in [0.5, 0.6) is 0 Å². The molecule has 4 nitrogen and oxygen atoms in total. The van der Waals surface area contributed by atoms with E-state index in [1.54, 1.807) is 6.20 Å². The van der Waals surface area contributed by atoms with Crippen molar-refractivity contribution in [1.29, 1.82) is 0 Å². The van der Waals surface area contributed by atoms with Gasteiger partial charge in [0, 0.05) is 7.05 Å². The van der Waals surface area contributed by atoms with Gasteiger partial charge in [0.2, 0.25) is 0 Å². The molecule has 2 aromatic rings. The SMILES string of the molecule is Cn1c(C=O)cnc1C1(OCc2ccccc2)CC1. The molecule has 1 heterocycles. The number of hydrogen-bond acceptors (Lipinski definition) is 3. The maximum Gasteiger partial charge on any atom is 0.168 e. The van der Waals surface area contributed by atoms with E-state index in [0.717, 1.165) is 30.5 Å². The zero-order valence-electron chi connectivity index (χ0n) is 10.9. The van der Waals surface area contributed by atoms with E-state index in [2.05, 4.69) is 4.98 Å². The number of carbonyl (C=O) groups excluding carboxylic acids is 1. The summed E-state index contributed by atoms with van der Waals surface area (Å²) < 4.78 is 7.88. The summed E-state index contributed by atoms with van der Waals surface area (Å²) in [6.07, 6.45) is 4.35. The Labute approximate surface area is 112 Å². The topological polar surface area (TPSA) is 44.1 Å². The van der Waals surface area contributed by atoms with Crippen molar-refractivity contribution < 1.29 is 9.53 Å². The van der Waals surface area contributed by atoms with Gasteiger partial charge in [-0.1, -0.05) is 30.3 Å². The number of imidazole rings is 1. The number of aldehydes is 1. The molecule has 0 N–H and O–H groups in total. The summed E-state index contributed by atoms with van der Waals surface area (Å²) in [5.41, 5.74) is 1.44. The third kappa shape index (κ3) is 2.19. The molecule has 3 rings (SSSR count). The van der Waals surface area contributed by atoms with Crippen molar-refractivity contribution in [3.05, 3.63) is 53.6 Å². The lowest BCUT2D eigenvalue weighted by atomic mass is 10.2. The van der Waals surface area contributed by atoms with Crippen LogP contribution in [0.4, 0.5) is 0 Å². The maximum atomic E-state index is 10.9. The molecule has 1 aromatic heterocycles. The van der Waals surface area contributed by atoms with Crippen molar-refractivity contribution in [1.82, 2.24) is 9.55 Å². The second kappa shape index (κ2) is 4.63. The van der Waals surface area contributed by atoms with E-state index in [4.69, 9.17) is 4.74 Å². The second-order valence-electron chi connectivity index (χ2n) is 4.95. The molecule has 0 radical (unpaired) electrons. The Morgan fingerprint density at radius 2 is 2.11 bits per heavy atom.